The highest BCUT2D eigenvalue weighted by molar-refractivity contribution is 9.10. The van der Waals surface area contributed by atoms with E-state index < -0.39 is 0 Å². The maximum absolute atomic E-state index is 12.0. The second-order valence-corrected chi connectivity index (χ2v) is 5.53. The molecule has 0 fully saturated rings. The SMILES string of the molecule is CC(C)C(Br)C(=O)Nc1ccccc1N(C)C. The van der Waals surface area contributed by atoms with E-state index in [1.165, 1.54) is 0 Å². The number of benzene rings is 1. The number of hydrogen-bond donors (Lipinski definition) is 1. The van der Waals surface area contributed by atoms with E-state index in [1.807, 2.05) is 57.1 Å². The third kappa shape index (κ3) is 3.73. The highest BCUT2D eigenvalue weighted by atomic mass is 79.9. The van der Waals surface area contributed by atoms with Crippen LogP contribution < -0.4 is 10.2 Å². The molecule has 0 bridgehead atoms. The van der Waals surface area contributed by atoms with Crippen LogP contribution in [0, 0.1) is 5.92 Å². The summed E-state index contributed by atoms with van der Waals surface area (Å²) in [5, 5.41) is 2.95. The van der Waals surface area contributed by atoms with Gasteiger partial charge in [-0.3, -0.25) is 4.79 Å². The van der Waals surface area contributed by atoms with Gasteiger partial charge in [0.05, 0.1) is 16.2 Å². The summed E-state index contributed by atoms with van der Waals surface area (Å²) in [6, 6.07) is 7.77. The first kappa shape index (κ1) is 14.0. The summed E-state index contributed by atoms with van der Waals surface area (Å²) >= 11 is 3.40. The van der Waals surface area contributed by atoms with Gasteiger partial charge in [0.2, 0.25) is 5.91 Å². The summed E-state index contributed by atoms with van der Waals surface area (Å²) in [6.45, 7) is 4.02. The average Bonchev–Trinajstić information content (AvgIpc) is 2.28. The molecule has 4 heteroatoms. The maximum Gasteiger partial charge on any atom is 0.238 e. The van der Waals surface area contributed by atoms with E-state index in [9.17, 15) is 4.79 Å². The van der Waals surface area contributed by atoms with Crippen molar-refractivity contribution >= 4 is 33.2 Å². The van der Waals surface area contributed by atoms with Crippen LogP contribution >= 0.6 is 15.9 Å². The molecular weight excluding hydrogens is 280 g/mol. The van der Waals surface area contributed by atoms with Crippen LogP contribution in [0.25, 0.3) is 0 Å². The zero-order valence-electron chi connectivity index (χ0n) is 10.7. The van der Waals surface area contributed by atoms with Crippen molar-refractivity contribution < 1.29 is 4.79 Å². The summed E-state index contributed by atoms with van der Waals surface area (Å²) in [4.78, 5) is 13.8. The monoisotopic (exact) mass is 298 g/mol. The van der Waals surface area contributed by atoms with Gasteiger partial charge >= 0.3 is 0 Å². The molecule has 0 aliphatic rings. The van der Waals surface area contributed by atoms with Gasteiger partial charge in [-0.15, -0.1) is 0 Å². The van der Waals surface area contributed by atoms with Crippen LogP contribution in [0.2, 0.25) is 0 Å². The fraction of sp³-hybridized carbons (Fsp3) is 0.462. The van der Waals surface area contributed by atoms with Crippen LogP contribution in [0.3, 0.4) is 0 Å². The van der Waals surface area contributed by atoms with E-state index in [0.29, 0.717) is 0 Å². The summed E-state index contributed by atoms with van der Waals surface area (Å²) in [7, 11) is 3.91. The van der Waals surface area contributed by atoms with E-state index in [4.69, 9.17) is 0 Å². The number of rotatable bonds is 4. The molecule has 1 aromatic rings. The van der Waals surface area contributed by atoms with Crippen LogP contribution in [0.4, 0.5) is 11.4 Å². The molecule has 17 heavy (non-hydrogen) atoms. The van der Waals surface area contributed by atoms with Crippen molar-refractivity contribution in [3.05, 3.63) is 24.3 Å². The molecule has 0 spiro atoms. The molecule has 3 nitrogen and oxygen atoms in total. The first-order valence-electron chi connectivity index (χ1n) is 5.64. The summed E-state index contributed by atoms with van der Waals surface area (Å²) in [5.74, 6) is 0.260. The van der Waals surface area contributed by atoms with Crippen molar-refractivity contribution in [2.24, 2.45) is 5.92 Å². The lowest BCUT2D eigenvalue weighted by molar-refractivity contribution is -0.116. The number of para-hydroxylation sites is 2. The third-order valence-electron chi connectivity index (χ3n) is 2.48. The lowest BCUT2D eigenvalue weighted by Crippen LogP contribution is -2.27. The van der Waals surface area contributed by atoms with Crippen molar-refractivity contribution in [3.63, 3.8) is 0 Å². The lowest BCUT2D eigenvalue weighted by atomic mass is 10.1. The largest absolute Gasteiger partial charge is 0.376 e. The standard InChI is InChI=1S/C13H19BrN2O/c1-9(2)12(14)13(17)15-10-7-5-6-8-11(10)16(3)4/h5-9,12H,1-4H3,(H,15,17). The number of anilines is 2. The van der Waals surface area contributed by atoms with E-state index in [0.717, 1.165) is 11.4 Å². The van der Waals surface area contributed by atoms with Gasteiger partial charge in [0, 0.05) is 14.1 Å². The number of amides is 1. The Morgan fingerprint density at radius 1 is 1.29 bits per heavy atom. The Morgan fingerprint density at radius 2 is 1.88 bits per heavy atom. The molecule has 1 atom stereocenters. The molecule has 0 aliphatic carbocycles. The summed E-state index contributed by atoms with van der Waals surface area (Å²) in [6.07, 6.45) is 0. The number of carbonyl (C=O) groups is 1. The van der Waals surface area contributed by atoms with Crippen molar-refractivity contribution in [3.8, 4) is 0 Å². The lowest BCUT2D eigenvalue weighted by Gasteiger charge is -2.19. The van der Waals surface area contributed by atoms with Gasteiger partial charge in [-0.2, -0.15) is 0 Å². The van der Waals surface area contributed by atoms with Gasteiger partial charge in [0.1, 0.15) is 0 Å². The highest BCUT2D eigenvalue weighted by Gasteiger charge is 2.19. The van der Waals surface area contributed by atoms with Crippen LogP contribution in [-0.2, 0) is 4.79 Å². The fourth-order valence-corrected chi connectivity index (χ4v) is 1.59. The first-order chi connectivity index (χ1) is 7.93. The molecular formula is C13H19BrN2O. The second kappa shape index (κ2) is 6.05. The van der Waals surface area contributed by atoms with Crippen molar-refractivity contribution in [2.75, 3.05) is 24.3 Å². The number of carbonyl (C=O) groups excluding carboxylic acids is 1. The number of nitrogens with one attached hydrogen (secondary N) is 1. The quantitative estimate of drug-likeness (QED) is 0.866. The molecule has 1 rings (SSSR count). The smallest absolute Gasteiger partial charge is 0.238 e. The van der Waals surface area contributed by atoms with E-state index in [1.54, 1.807) is 0 Å². The molecule has 0 aliphatic heterocycles. The predicted octanol–water partition coefficient (Wildman–Crippen LogP) is 3.11. The van der Waals surface area contributed by atoms with Crippen LogP contribution in [0.1, 0.15) is 13.8 Å². The molecule has 1 unspecified atom stereocenters. The number of nitrogens with zero attached hydrogens (tertiary/aromatic N) is 1. The summed E-state index contributed by atoms with van der Waals surface area (Å²) < 4.78 is 0. The van der Waals surface area contributed by atoms with Crippen LogP contribution in [0.15, 0.2) is 24.3 Å². The fourth-order valence-electron chi connectivity index (χ4n) is 1.47. The molecule has 1 aromatic carbocycles. The van der Waals surface area contributed by atoms with Gasteiger partial charge < -0.3 is 10.2 Å². The van der Waals surface area contributed by atoms with Crippen LogP contribution in [-0.4, -0.2) is 24.8 Å². The minimum Gasteiger partial charge on any atom is -0.376 e. The Morgan fingerprint density at radius 3 is 2.41 bits per heavy atom. The van der Waals surface area contributed by atoms with Gasteiger partial charge in [0.25, 0.3) is 0 Å². The predicted molar refractivity (Wildman–Crippen MR) is 77.0 cm³/mol. The summed E-state index contributed by atoms with van der Waals surface area (Å²) in [5.41, 5.74) is 1.84. The highest BCUT2D eigenvalue weighted by Crippen LogP contribution is 2.24. The maximum atomic E-state index is 12.0. The zero-order chi connectivity index (χ0) is 13.0. The van der Waals surface area contributed by atoms with Crippen molar-refractivity contribution in [1.82, 2.24) is 0 Å². The van der Waals surface area contributed by atoms with E-state index in [2.05, 4.69) is 21.2 Å². The zero-order valence-corrected chi connectivity index (χ0v) is 12.3. The number of hydrogen-bond acceptors (Lipinski definition) is 2. The molecule has 0 aromatic heterocycles. The van der Waals surface area contributed by atoms with Crippen molar-refractivity contribution in [1.29, 1.82) is 0 Å². The second-order valence-electron chi connectivity index (χ2n) is 4.55. The Balaban J connectivity index is 2.85. The minimum absolute atomic E-state index is 0.00528. The first-order valence-corrected chi connectivity index (χ1v) is 6.56. The topological polar surface area (TPSA) is 32.3 Å². The number of alkyl halides is 1. The molecule has 0 radical (unpaired) electrons. The minimum atomic E-state index is -0.169. The van der Waals surface area contributed by atoms with E-state index >= 15 is 0 Å². The molecule has 0 heterocycles. The number of halogens is 1. The van der Waals surface area contributed by atoms with Crippen LogP contribution in [0.5, 0.6) is 0 Å². The van der Waals surface area contributed by atoms with Gasteiger partial charge in [-0.1, -0.05) is 41.9 Å². The third-order valence-corrected chi connectivity index (χ3v) is 3.95. The molecule has 1 N–H and O–H groups in total. The van der Waals surface area contributed by atoms with E-state index in [-0.39, 0.29) is 16.7 Å². The normalized spacial score (nSPS) is 12.4. The van der Waals surface area contributed by atoms with Gasteiger partial charge in [-0.05, 0) is 18.1 Å². The average molecular weight is 299 g/mol. The Bertz CT molecular complexity index is 391. The molecule has 1 amide bonds. The Kier molecular flexibility index (Phi) is 5.00. The van der Waals surface area contributed by atoms with Crippen molar-refractivity contribution in [2.45, 2.75) is 18.7 Å². The Labute approximate surface area is 111 Å². The van der Waals surface area contributed by atoms with Gasteiger partial charge in [-0.25, -0.2) is 0 Å². The molecule has 0 saturated heterocycles. The Hall–Kier alpha value is -1.03. The van der Waals surface area contributed by atoms with Gasteiger partial charge in [0.15, 0.2) is 0 Å². The molecule has 0 saturated carbocycles. The molecule has 94 valence electrons.